The van der Waals surface area contributed by atoms with Gasteiger partial charge in [-0.05, 0) is 74.2 Å². The number of nitrogens with one attached hydrogen (secondary N) is 2. The Balaban J connectivity index is 1.42. The molecule has 1 saturated carbocycles. The Morgan fingerprint density at radius 1 is 0.974 bits per heavy atom. The molecule has 5 rings (SSSR count). The predicted octanol–water partition coefficient (Wildman–Crippen LogP) is 6.54. The van der Waals surface area contributed by atoms with E-state index in [9.17, 15) is 14.7 Å². The molecule has 0 aliphatic heterocycles. The Kier molecular flexibility index (Phi) is 7.26. The van der Waals surface area contributed by atoms with Crippen molar-refractivity contribution in [1.29, 1.82) is 0 Å². The first-order valence-electron chi connectivity index (χ1n) is 13.0. The van der Waals surface area contributed by atoms with Crippen molar-refractivity contribution < 1.29 is 14.7 Å². The van der Waals surface area contributed by atoms with Gasteiger partial charge < -0.3 is 15.7 Å². The average molecular weight is 509 g/mol. The molecule has 0 atom stereocenters. The first-order valence-corrected chi connectivity index (χ1v) is 13.0. The van der Waals surface area contributed by atoms with E-state index in [1.165, 1.54) is 10.7 Å². The molecule has 1 aliphatic carbocycles. The van der Waals surface area contributed by atoms with E-state index in [1.807, 2.05) is 56.3 Å². The van der Waals surface area contributed by atoms with E-state index in [2.05, 4.69) is 15.7 Å². The monoisotopic (exact) mass is 508 g/mol. The summed E-state index contributed by atoms with van der Waals surface area (Å²) in [4.78, 5) is 26.0. The van der Waals surface area contributed by atoms with Gasteiger partial charge in [0, 0.05) is 29.3 Å². The molecule has 0 unspecified atom stereocenters. The molecule has 1 aromatic heterocycles. The minimum absolute atomic E-state index is 0.0290. The normalized spacial score (nSPS) is 13.4. The highest BCUT2D eigenvalue weighted by molar-refractivity contribution is 6.04. The number of carbonyl (C=O) groups excluding carboxylic acids is 2. The van der Waals surface area contributed by atoms with Crippen LogP contribution >= 0.6 is 0 Å². The number of benzene rings is 3. The summed E-state index contributed by atoms with van der Waals surface area (Å²) in [6, 6.07) is 21.7. The standard InChI is InChI=1S/C31H32N4O3/c1-20-11-13-23(14-12-20)30(37)33-25-15-16-29(36)26(17-25)27-18-28(22-8-5-6-9-22)35(34-27)31(38)32-19-24-10-4-3-7-21(24)2/h3-4,7,10-18,22,36H,5-6,8-9,19H2,1-2H3,(H,32,38)(H,33,37). The molecule has 3 aromatic carbocycles. The highest BCUT2D eigenvalue weighted by Gasteiger charge is 2.26. The lowest BCUT2D eigenvalue weighted by Gasteiger charge is -2.13. The summed E-state index contributed by atoms with van der Waals surface area (Å²) in [7, 11) is 0. The molecular weight excluding hydrogens is 476 g/mol. The van der Waals surface area contributed by atoms with Crippen molar-refractivity contribution in [3.05, 3.63) is 101 Å². The van der Waals surface area contributed by atoms with Crippen LogP contribution in [0.5, 0.6) is 5.75 Å². The van der Waals surface area contributed by atoms with Gasteiger partial charge in [0.15, 0.2) is 0 Å². The summed E-state index contributed by atoms with van der Waals surface area (Å²) in [5, 5.41) is 21.2. The van der Waals surface area contributed by atoms with Crippen molar-refractivity contribution in [2.75, 3.05) is 5.32 Å². The molecule has 1 aliphatic rings. The molecule has 2 amide bonds. The number of hydrogen-bond acceptors (Lipinski definition) is 4. The van der Waals surface area contributed by atoms with Crippen LogP contribution in [-0.2, 0) is 6.54 Å². The molecule has 1 fully saturated rings. The van der Waals surface area contributed by atoms with E-state index in [0.717, 1.165) is 48.1 Å². The van der Waals surface area contributed by atoms with Crippen LogP contribution < -0.4 is 10.6 Å². The molecule has 4 aromatic rings. The van der Waals surface area contributed by atoms with E-state index in [0.29, 0.717) is 29.1 Å². The van der Waals surface area contributed by atoms with Crippen LogP contribution in [-0.4, -0.2) is 26.8 Å². The highest BCUT2D eigenvalue weighted by Crippen LogP contribution is 2.38. The Morgan fingerprint density at radius 2 is 1.71 bits per heavy atom. The first kappa shape index (κ1) is 25.3. The molecule has 38 heavy (non-hydrogen) atoms. The molecule has 0 radical (unpaired) electrons. The molecule has 0 bridgehead atoms. The fraction of sp³-hybridized carbons (Fsp3) is 0.258. The van der Waals surface area contributed by atoms with Crippen LogP contribution in [0.1, 0.15) is 64.3 Å². The van der Waals surface area contributed by atoms with Gasteiger partial charge in [-0.1, -0.05) is 54.8 Å². The van der Waals surface area contributed by atoms with Gasteiger partial charge in [-0.25, -0.2) is 4.79 Å². The summed E-state index contributed by atoms with van der Waals surface area (Å²) in [6.07, 6.45) is 4.22. The fourth-order valence-electron chi connectivity index (χ4n) is 4.98. The number of phenols is 1. The molecule has 0 saturated heterocycles. The third-order valence-electron chi connectivity index (χ3n) is 7.24. The van der Waals surface area contributed by atoms with E-state index >= 15 is 0 Å². The summed E-state index contributed by atoms with van der Waals surface area (Å²) in [5.74, 6) is 0.0164. The number of nitrogens with zero attached hydrogens (tertiary/aromatic N) is 2. The molecule has 194 valence electrons. The second kappa shape index (κ2) is 10.9. The van der Waals surface area contributed by atoms with Crippen LogP contribution in [0.25, 0.3) is 11.3 Å². The van der Waals surface area contributed by atoms with Crippen molar-refractivity contribution in [3.63, 3.8) is 0 Å². The Hall–Kier alpha value is -4.39. The lowest BCUT2D eigenvalue weighted by atomic mass is 10.0. The minimum atomic E-state index is -0.301. The number of anilines is 1. The summed E-state index contributed by atoms with van der Waals surface area (Å²) < 4.78 is 1.45. The second-order valence-electron chi connectivity index (χ2n) is 9.98. The zero-order valence-electron chi connectivity index (χ0n) is 21.7. The largest absolute Gasteiger partial charge is 0.507 e. The van der Waals surface area contributed by atoms with Crippen molar-refractivity contribution in [2.45, 2.75) is 52.0 Å². The summed E-state index contributed by atoms with van der Waals surface area (Å²) in [6.45, 7) is 4.39. The van der Waals surface area contributed by atoms with E-state index < -0.39 is 0 Å². The maximum atomic E-state index is 13.3. The van der Waals surface area contributed by atoms with Crippen LogP contribution in [0, 0.1) is 13.8 Å². The molecular formula is C31H32N4O3. The number of carbonyl (C=O) groups is 2. The Morgan fingerprint density at radius 3 is 2.45 bits per heavy atom. The van der Waals surface area contributed by atoms with Crippen LogP contribution in [0.3, 0.4) is 0 Å². The average Bonchev–Trinajstić information content (AvgIpc) is 3.60. The topological polar surface area (TPSA) is 96.2 Å². The zero-order valence-corrected chi connectivity index (χ0v) is 21.7. The number of aromatic hydroxyl groups is 1. The van der Waals surface area contributed by atoms with Crippen LogP contribution in [0.15, 0.2) is 72.8 Å². The van der Waals surface area contributed by atoms with Gasteiger partial charge >= 0.3 is 6.03 Å². The van der Waals surface area contributed by atoms with E-state index in [-0.39, 0.29) is 23.6 Å². The SMILES string of the molecule is Cc1ccc(C(=O)Nc2ccc(O)c(-c3cc(C4CCCC4)n(C(=O)NCc4ccccc4C)n3)c2)cc1. The maximum absolute atomic E-state index is 13.3. The van der Waals surface area contributed by atoms with Crippen molar-refractivity contribution >= 4 is 17.6 Å². The van der Waals surface area contributed by atoms with Gasteiger partial charge in [0.2, 0.25) is 0 Å². The van der Waals surface area contributed by atoms with Crippen molar-refractivity contribution in [2.24, 2.45) is 0 Å². The molecule has 1 heterocycles. The highest BCUT2D eigenvalue weighted by atomic mass is 16.3. The van der Waals surface area contributed by atoms with Gasteiger partial charge in [0.05, 0.1) is 11.4 Å². The van der Waals surface area contributed by atoms with Gasteiger partial charge in [-0.2, -0.15) is 9.78 Å². The lowest BCUT2D eigenvalue weighted by Crippen LogP contribution is -2.31. The fourth-order valence-corrected chi connectivity index (χ4v) is 4.98. The number of phenolic OH excluding ortho intramolecular Hbond substituents is 1. The van der Waals surface area contributed by atoms with E-state index in [4.69, 9.17) is 0 Å². The number of rotatable bonds is 6. The van der Waals surface area contributed by atoms with E-state index in [1.54, 1.807) is 24.3 Å². The molecule has 7 nitrogen and oxygen atoms in total. The van der Waals surface area contributed by atoms with Gasteiger partial charge in [-0.3, -0.25) is 4.79 Å². The lowest BCUT2D eigenvalue weighted by molar-refractivity contribution is 0.102. The molecule has 7 heteroatoms. The second-order valence-corrected chi connectivity index (χ2v) is 9.98. The zero-order chi connectivity index (χ0) is 26.6. The Labute approximate surface area is 222 Å². The summed E-state index contributed by atoms with van der Waals surface area (Å²) >= 11 is 0. The molecule has 3 N–H and O–H groups in total. The maximum Gasteiger partial charge on any atom is 0.342 e. The Bertz CT molecular complexity index is 1470. The van der Waals surface area contributed by atoms with Crippen LogP contribution in [0.2, 0.25) is 0 Å². The van der Waals surface area contributed by atoms with Gasteiger partial charge in [-0.15, -0.1) is 0 Å². The van der Waals surface area contributed by atoms with Crippen molar-refractivity contribution in [3.8, 4) is 17.0 Å². The smallest absolute Gasteiger partial charge is 0.342 e. The predicted molar refractivity (Wildman–Crippen MR) is 148 cm³/mol. The molecule has 0 spiro atoms. The number of aryl methyl sites for hydroxylation is 2. The van der Waals surface area contributed by atoms with Crippen LogP contribution in [0.4, 0.5) is 10.5 Å². The van der Waals surface area contributed by atoms with Crippen molar-refractivity contribution in [1.82, 2.24) is 15.1 Å². The number of aromatic nitrogens is 2. The van der Waals surface area contributed by atoms with Gasteiger partial charge in [0.1, 0.15) is 5.75 Å². The quantitative estimate of drug-likeness (QED) is 0.258. The van der Waals surface area contributed by atoms with Gasteiger partial charge in [0.25, 0.3) is 5.91 Å². The third-order valence-corrected chi connectivity index (χ3v) is 7.24. The minimum Gasteiger partial charge on any atom is -0.507 e. The summed E-state index contributed by atoms with van der Waals surface area (Å²) in [5.41, 5.74) is 6.09. The first-order chi connectivity index (χ1) is 18.4. The number of hydrogen-bond donors (Lipinski definition) is 3. The third kappa shape index (κ3) is 5.47. The number of amides is 2.